The molecule has 1 aromatic rings. The fraction of sp³-hybridized carbons (Fsp3) is 0.600. The number of aromatic nitrogens is 3. The van der Waals surface area contributed by atoms with Crippen molar-refractivity contribution < 1.29 is 35.4 Å². The van der Waals surface area contributed by atoms with Gasteiger partial charge in [-0.3, -0.25) is 14.6 Å². The molecule has 13 nitrogen and oxygen atoms in total. The van der Waals surface area contributed by atoms with Gasteiger partial charge in [0.1, 0.15) is 33.7 Å². The summed E-state index contributed by atoms with van der Waals surface area (Å²) in [6.07, 6.45) is 0. The Morgan fingerprint density at radius 1 is 0.913 bits per heavy atom. The fourth-order valence-electron chi connectivity index (χ4n) is 1.13. The summed E-state index contributed by atoms with van der Waals surface area (Å²) in [5.74, 6) is -1.04. The monoisotopic (exact) mass is 336 g/mol. The van der Waals surface area contributed by atoms with E-state index in [-0.39, 0.29) is 17.8 Å². The first-order chi connectivity index (χ1) is 10.9. The molecule has 23 heavy (non-hydrogen) atoms. The van der Waals surface area contributed by atoms with Crippen LogP contribution in [-0.2, 0) is 4.79 Å². The molecular formula is C10H20N6O7. The Morgan fingerprint density at radius 3 is 1.52 bits per heavy atom. The number of nitrogens with zero attached hydrogens (tertiary/aromatic N) is 5. The van der Waals surface area contributed by atoms with Crippen LogP contribution in [0.1, 0.15) is 6.92 Å². The number of aliphatic carboxylic acids is 1. The zero-order valence-electron chi connectivity index (χ0n) is 12.4. The van der Waals surface area contributed by atoms with E-state index in [0.29, 0.717) is 0 Å². The molecule has 0 aliphatic heterocycles. The van der Waals surface area contributed by atoms with E-state index in [2.05, 4.69) is 20.3 Å². The fourth-order valence-corrected chi connectivity index (χ4v) is 1.13. The SMILES string of the molecule is CC(=O)O.OCNc1nc(N(CO)CO)nc(N(CO)CO)n1. The lowest BCUT2D eigenvalue weighted by molar-refractivity contribution is -0.134. The van der Waals surface area contributed by atoms with Gasteiger partial charge >= 0.3 is 0 Å². The van der Waals surface area contributed by atoms with E-state index in [1.807, 2.05) is 0 Å². The summed E-state index contributed by atoms with van der Waals surface area (Å²) in [6.45, 7) is -1.54. The minimum atomic E-state index is -0.833. The second-order valence-electron chi connectivity index (χ2n) is 3.76. The zero-order valence-corrected chi connectivity index (χ0v) is 12.4. The molecule has 13 heteroatoms. The molecule has 0 saturated carbocycles. The summed E-state index contributed by atoms with van der Waals surface area (Å²) in [5.41, 5.74) is 0. The normalized spacial score (nSPS) is 9.65. The molecule has 132 valence electrons. The summed E-state index contributed by atoms with van der Waals surface area (Å²) in [5, 5.41) is 54.7. The van der Waals surface area contributed by atoms with Crippen LogP contribution in [0.5, 0.6) is 0 Å². The van der Waals surface area contributed by atoms with Crippen LogP contribution in [0.4, 0.5) is 17.8 Å². The number of hydrogen-bond acceptors (Lipinski definition) is 12. The van der Waals surface area contributed by atoms with Crippen molar-refractivity contribution >= 4 is 23.8 Å². The average molecular weight is 336 g/mol. The largest absolute Gasteiger partial charge is 0.481 e. The van der Waals surface area contributed by atoms with Crippen LogP contribution >= 0.6 is 0 Å². The average Bonchev–Trinajstić information content (AvgIpc) is 2.49. The molecule has 0 radical (unpaired) electrons. The number of rotatable bonds is 8. The molecular weight excluding hydrogens is 316 g/mol. The van der Waals surface area contributed by atoms with Crippen molar-refractivity contribution in [2.24, 2.45) is 0 Å². The first-order valence-corrected chi connectivity index (χ1v) is 6.17. The molecule has 0 unspecified atom stereocenters. The van der Waals surface area contributed by atoms with E-state index in [0.717, 1.165) is 16.7 Å². The molecule has 7 N–H and O–H groups in total. The first kappa shape index (κ1) is 20.7. The molecule has 0 amide bonds. The highest BCUT2D eigenvalue weighted by Crippen LogP contribution is 2.15. The Balaban J connectivity index is 0.00000108. The lowest BCUT2D eigenvalue weighted by Gasteiger charge is -2.21. The van der Waals surface area contributed by atoms with Crippen molar-refractivity contribution in [1.82, 2.24) is 15.0 Å². The number of hydrogen-bond donors (Lipinski definition) is 7. The third-order valence-electron chi connectivity index (χ3n) is 2.10. The van der Waals surface area contributed by atoms with Crippen LogP contribution < -0.4 is 15.1 Å². The predicted molar refractivity (Wildman–Crippen MR) is 77.1 cm³/mol. The molecule has 0 fully saturated rings. The number of aliphatic hydroxyl groups is 5. The Morgan fingerprint density at radius 2 is 1.26 bits per heavy atom. The molecule has 1 aromatic heterocycles. The van der Waals surface area contributed by atoms with Crippen LogP contribution in [-0.4, -0.2) is 85.2 Å². The Hall–Kier alpha value is -2.32. The van der Waals surface area contributed by atoms with Crippen LogP contribution in [0, 0.1) is 0 Å². The highest BCUT2D eigenvalue weighted by molar-refractivity contribution is 5.62. The van der Waals surface area contributed by atoms with E-state index < -0.39 is 39.6 Å². The van der Waals surface area contributed by atoms with Crippen molar-refractivity contribution in [1.29, 1.82) is 0 Å². The molecule has 0 bridgehead atoms. The molecule has 1 rings (SSSR count). The van der Waals surface area contributed by atoms with E-state index in [1.165, 1.54) is 0 Å². The van der Waals surface area contributed by atoms with Gasteiger partial charge in [-0.25, -0.2) is 0 Å². The highest BCUT2D eigenvalue weighted by atomic mass is 16.4. The third kappa shape index (κ3) is 7.48. The van der Waals surface area contributed by atoms with Crippen molar-refractivity contribution in [3.05, 3.63) is 0 Å². The van der Waals surface area contributed by atoms with Crippen LogP contribution in [0.2, 0.25) is 0 Å². The Bertz CT molecular complexity index is 435. The summed E-state index contributed by atoms with van der Waals surface area (Å²) in [6, 6.07) is 0. The third-order valence-corrected chi connectivity index (χ3v) is 2.10. The number of aliphatic hydroxyl groups excluding tert-OH is 5. The quantitative estimate of drug-likeness (QED) is 0.234. The van der Waals surface area contributed by atoms with Gasteiger partial charge in [0.25, 0.3) is 5.97 Å². The minimum absolute atomic E-state index is 0.0405. The smallest absolute Gasteiger partial charge is 0.300 e. The van der Waals surface area contributed by atoms with Gasteiger partial charge in [-0.05, 0) is 0 Å². The number of nitrogens with one attached hydrogen (secondary N) is 1. The van der Waals surface area contributed by atoms with Gasteiger partial charge in [0, 0.05) is 6.92 Å². The van der Waals surface area contributed by atoms with Gasteiger partial charge in [0.05, 0.1) is 0 Å². The molecule has 0 spiro atoms. The topological polar surface area (TPSA) is 196 Å². The Labute approximate surface area is 131 Å². The molecule has 0 saturated heterocycles. The zero-order chi connectivity index (χ0) is 17.8. The summed E-state index contributed by atoms with van der Waals surface area (Å²) in [4.78, 5) is 22.5. The van der Waals surface area contributed by atoms with Crippen molar-refractivity contribution in [3.8, 4) is 0 Å². The minimum Gasteiger partial charge on any atom is -0.481 e. The van der Waals surface area contributed by atoms with Crippen LogP contribution in [0.15, 0.2) is 0 Å². The molecule has 0 atom stereocenters. The second-order valence-corrected chi connectivity index (χ2v) is 3.76. The number of carboxylic acids is 1. The summed E-state index contributed by atoms with van der Waals surface area (Å²) < 4.78 is 0. The van der Waals surface area contributed by atoms with E-state index in [1.54, 1.807) is 0 Å². The van der Waals surface area contributed by atoms with Crippen molar-refractivity contribution in [3.63, 3.8) is 0 Å². The lowest BCUT2D eigenvalue weighted by Crippen LogP contribution is -2.31. The second kappa shape index (κ2) is 11.3. The van der Waals surface area contributed by atoms with Crippen molar-refractivity contribution in [2.45, 2.75) is 6.92 Å². The maximum atomic E-state index is 9.03. The van der Waals surface area contributed by atoms with Gasteiger partial charge in [0.2, 0.25) is 17.8 Å². The highest BCUT2D eigenvalue weighted by Gasteiger charge is 2.15. The predicted octanol–water partition coefficient (Wildman–Crippen LogP) is -3.26. The maximum Gasteiger partial charge on any atom is 0.300 e. The Kier molecular flexibility index (Phi) is 10.1. The lowest BCUT2D eigenvalue weighted by atomic mass is 10.7. The van der Waals surface area contributed by atoms with Gasteiger partial charge in [-0.1, -0.05) is 0 Å². The maximum absolute atomic E-state index is 9.03. The number of carbonyl (C=O) groups is 1. The standard InChI is InChI=1S/C8H16N6O5.C2H4O2/c15-1-9-6-10-7(13(2-16)3-17)12-8(11-6)14(4-18)5-19;1-2(3)4/h15-19H,1-5H2,(H,9,10,11,12);1H3,(H,3,4). The molecule has 0 aromatic carbocycles. The summed E-state index contributed by atoms with van der Waals surface area (Å²) >= 11 is 0. The van der Waals surface area contributed by atoms with Gasteiger partial charge in [-0.2, -0.15) is 15.0 Å². The first-order valence-electron chi connectivity index (χ1n) is 6.17. The molecule has 1 heterocycles. The molecule has 0 aliphatic rings. The van der Waals surface area contributed by atoms with Crippen molar-refractivity contribution in [2.75, 3.05) is 48.8 Å². The van der Waals surface area contributed by atoms with Gasteiger partial charge in [0.15, 0.2) is 0 Å². The van der Waals surface area contributed by atoms with Crippen LogP contribution in [0.25, 0.3) is 0 Å². The van der Waals surface area contributed by atoms with Crippen LogP contribution in [0.3, 0.4) is 0 Å². The van der Waals surface area contributed by atoms with E-state index in [9.17, 15) is 0 Å². The van der Waals surface area contributed by atoms with E-state index in [4.69, 9.17) is 35.4 Å². The molecule has 0 aliphatic carbocycles. The number of anilines is 3. The summed E-state index contributed by atoms with van der Waals surface area (Å²) in [7, 11) is 0. The number of carboxylic acid groups (broad SMARTS) is 1. The van der Waals surface area contributed by atoms with Gasteiger partial charge in [-0.15, -0.1) is 0 Å². The van der Waals surface area contributed by atoms with E-state index >= 15 is 0 Å². The van der Waals surface area contributed by atoms with Gasteiger partial charge < -0.3 is 36.0 Å².